The molecule has 116 valence electrons. The highest BCUT2D eigenvalue weighted by Crippen LogP contribution is 2.31. The highest BCUT2D eigenvalue weighted by atomic mass is 32.2. The maximum atomic E-state index is 12.8. The van der Waals surface area contributed by atoms with Gasteiger partial charge in [-0.15, -0.1) is 0 Å². The molecule has 1 saturated carbocycles. The minimum absolute atomic E-state index is 0.0330. The molecule has 0 aromatic carbocycles. The zero-order valence-corrected chi connectivity index (χ0v) is 12.8. The summed E-state index contributed by atoms with van der Waals surface area (Å²) in [5.74, 6) is 0. The fourth-order valence-electron chi connectivity index (χ4n) is 3.16. The van der Waals surface area contributed by atoms with E-state index in [-0.39, 0.29) is 17.2 Å². The Balaban J connectivity index is 1.88. The van der Waals surface area contributed by atoms with Gasteiger partial charge in [-0.05, 0) is 24.5 Å². The average molecular weight is 311 g/mol. The standard InChI is InChI=1S/C14H21N3O3S/c15-9-11-5-6-14(16-10-11)21(18,19)17-7-8-20-13-4-2-1-3-12(13)17/h5-6,10,12-13H,1-4,7-9,15H2. The quantitative estimate of drug-likeness (QED) is 0.895. The van der Waals surface area contributed by atoms with E-state index in [1.54, 1.807) is 16.4 Å². The number of pyridine rings is 1. The van der Waals surface area contributed by atoms with Gasteiger partial charge in [-0.3, -0.25) is 0 Å². The number of sulfonamides is 1. The van der Waals surface area contributed by atoms with Gasteiger partial charge in [0.05, 0.1) is 18.8 Å². The second-order valence-corrected chi connectivity index (χ2v) is 7.42. The normalized spacial score (nSPS) is 27.3. The summed E-state index contributed by atoms with van der Waals surface area (Å²) in [4.78, 5) is 4.08. The summed E-state index contributed by atoms with van der Waals surface area (Å²) in [7, 11) is -3.56. The van der Waals surface area contributed by atoms with Crippen molar-refractivity contribution in [3.05, 3.63) is 23.9 Å². The Morgan fingerprint density at radius 1 is 1.33 bits per heavy atom. The van der Waals surface area contributed by atoms with E-state index in [0.717, 1.165) is 31.2 Å². The largest absolute Gasteiger partial charge is 0.375 e. The topological polar surface area (TPSA) is 85.5 Å². The first-order valence-corrected chi connectivity index (χ1v) is 8.85. The molecule has 1 aromatic rings. The van der Waals surface area contributed by atoms with Crippen LogP contribution < -0.4 is 5.73 Å². The molecule has 1 saturated heterocycles. The molecule has 0 spiro atoms. The minimum atomic E-state index is -3.56. The maximum absolute atomic E-state index is 12.8. The molecule has 0 amide bonds. The summed E-state index contributed by atoms with van der Waals surface area (Å²) >= 11 is 0. The fourth-order valence-corrected chi connectivity index (χ4v) is 4.74. The molecule has 2 N–H and O–H groups in total. The van der Waals surface area contributed by atoms with E-state index in [1.807, 2.05) is 0 Å². The number of hydrogen-bond acceptors (Lipinski definition) is 5. The zero-order chi connectivity index (χ0) is 14.9. The number of rotatable bonds is 3. The molecule has 7 heteroatoms. The van der Waals surface area contributed by atoms with Crippen LogP contribution in [-0.4, -0.2) is 43.0 Å². The molecule has 2 fully saturated rings. The van der Waals surface area contributed by atoms with Crippen molar-refractivity contribution in [1.82, 2.24) is 9.29 Å². The van der Waals surface area contributed by atoms with Gasteiger partial charge in [-0.2, -0.15) is 4.31 Å². The van der Waals surface area contributed by atoms with Crippen LogP contribution in [0, 0.1) is 0 Å². The van der Waals surface area contributed by atoms with E-state index in [0.29, 0.717) is 19.7 Å². The van der Waals surface area contributed by atoms with Crippen molar-refractivity contribution < 1.29 is 13.2 Å². The Morgan fingerprint density at radius 3 is 2.86 bits per heavy atom. The van der Waals surface area contributed by atoms with Gasteiger partial charge in [-0.1, -0.05) is 18.9 Å². The van der Waals surface area contributed by atoms with Crippen molar-refractivity contribution in [2.24, 2.45) is 5.73 Å². The number of nitrogens with two attached hydrogens (primary N) is 1. The number of fused-ring (bicyclic) bond motifs is 1. The van der Waals surface area contributed by atoms with E-state index in [4.69, 9.17) is 10.5 Å². The second kappa shape index (κ2) is 6.00. The van der Waals surface area contributed by atoms with E-state index < -0.39 is 10.0 Å². The number of hydrogen-bond donors (Lipinski definition) is 1. The van der Waals surface area contributed by atoms with Crippen LogP contribution in [0.1, 0.15) is 31.2 Å². The predicted molar refractivity (Wildman–Crippen MR) is 78.0 cm³/mol. The van der Waals surface area contributed by atoms with Gasteiger partial charge in [0.1, 0.15) is 0 Å². The van der Waals surface area contributed by atoms with Crippen LogP contribution in [0.5, 0.6) is 0 Å². The Morgan fingerprint density at radius 2 is 2.14 bits per heavy atom. The van der Waals surface area contributed by atoms with Gasteiger partial charge in [0.15, 0.2) is 5.03 Å². The van der Waals surface area contributed by atoms with Gasteiger partial charge >= 0.3 is 0 Å². The van der Waals surface area contributed by atoms with Gasteiger partial charge in [0.2, 0.25) is 0 Å². The summed E-state index contributed by atoms with van der Waals surface area (Å²) in [6.07, 6.45) is 5.53. The highest BCUT2D eigenvalue weighted by Gasteiger charge is 2.41. The summed E-state index contributed by atoms with van der Waals surface area (Å²) in [6.45, 7) is 1.22. The first kappa shape index (κ1) is 14.9. The molecule has 2 unspecified atom stereocenters. The van der Waals surface area contributed by atoms with Crippen LogP contribution in [0.3, 0.4) is 0 Å². The molecule has 21 heavy (non-hydrogen) atoms. The minimum Gasteiger partial charge on any atom is -0.375 e. The Kier molecular flexibility index (Phi) is 4.26. The van der Waals surface area contributed by atoms with Gasteiger partial charge < -0.3 is 10.5 Å². The van der Waals surface area contributed by atoms with Crippen molar-refractivity contribution in [3.8, 4) is 0 Å². The second-order valence-electron chi connectivity index (χ2n) is 5.59. The van der Waals surface area contributed by atoms with Crippen LogP contribution in [0.15, 0.2) is 23.4 Å². The van der Waals surface area contributed by atoms with E-state index >= 15 is 0 Å². The monoisotopic (exact) mass is 311 g/mol. The molecule has 1 aromatic heterocycles. The van der Waals surface area contributed by atoms with E-state index in [9.17, 15) is 8.42 Å². The molecule has 2 aliphatic rings. The fraction of sp³-hybridized carbons (Fsp3) is 0.643. The lowest BCUT2D eigenvalue weighted by atomic mass is 9.91. The molecule has 0 radical (unpaired) electrons. The van der Waals surface area contributed by atoms with Crippen LogP contribution in [-0.2, 0) is 21.3 Å². The molecule has 3 rings (SSSR count). The van der Waals surface area contributed by atoms with Crippen molar-refractivity contribution in [2.75, 3.05) is 13.2 Å². The summed E-state index contributed by atoms with van der Waals surface area (Å²) in [5.41, 5.74) is 6.35. The average Bonchev–Trinajstić information content (AvgIpc) is 2.54. The first-order valence-electron chi connectivity index (χ1n) is 7.41. The third kappa shape index (κ3) is 2.83. The van der Waals surface area contributed by atoms with E-state index in [2.05, 4.69) is 4.98 Å². The highest BCUT2D eigenvalue weighted by molar-refractivity contribution is 7.89. The third-order valence-electron chi connectivity index (χ3n) is 4.29. The van der Waals surface area contributed by atoms with Crippen molar-refractivity contribution >= 4 is 10.0 Å². The summed E-state index contributed by atoms with van der Waals surface area (Å²) in [6, 6.07) is 3.22. The van der Waals surface area contributed by atoms with Crippen molar-refractivity contribution in [3.63, 3.8) is 0 Å². The zero-order valence-electron chi connectivity index (χ0n) is 11.9. The van der Waals surface area contributed by atoms with Crippen LogP contribution in [0.2, 0.25) is 0 Å². The third-order valence-corrected chi connectivity index (χ3v) is 6.13. The number of nitrogens with zero attached hydrogens (tertiary/aromatic N) is 2. The van der Waals surface area contributed by atoms with Crippen LogP contribution in [0.25, 0.3) is 0 Å². The van der Waals surface area contributed by atoms with Gasteiger partial charge in [0, 0.05) is 19.3 Å². The van der Waals surface area contributed by atoms with Gasteiger partial charge in [-0.25, -0.2) is 13.4 Å². The predicted octanol–water partition coefficient (Wildman–Crippen LogP) is 0.872. The molecule has 6 nitrogen and oxygen atoms in total. The Labute approximate surface area is 125 Å². The molecule has 1 aliphatic heterocycles. The Hall–Kier alpha value is -1.02. The lowest BCUT2D eigenvalue weighted by Crippen LogP contribution is -2.54. The SMILES string of the molecule is NCc1ccc(S(=O)(=O)N2CCOC3CCCCC32)nc1. The molecule has 1 aliphatic carbocycles. The molecule has 2 heterocycles. The van der Waals surface area contributed by atoms with Crippen molar-refractivity contribution in [2.45, 2.75) is 49.4 Å². The Bertz CT molecular complexity index is 586. The first-order chi connectivity index (χ1) is 10.1. The molecular weight excluding hydrogens is 290 g/mol. The van der Waals surface area contributed by atoms with Crippen LogP contribution in [0.4, 0.5) is 0 Å². The summed E-state index contributed by atoms with van der Waals surface area (Å²) in [5, 5.41) is 0.103. The molecule has 2 atom stereocenters. The van der Waals surface area contributed by atoms with Gasteiger partial charge in [0.25, 0.3) is 10.0 Å². The maximum Gasteiger partial charge on any atom is 0.260 e. The lowest BCUT2D eigenvalue weighted by molar-refractivity contribution is -0.0586. The summed E-state index contributed by atoms with van der Waals surface area (Å²) < 4.78 is 33.0. The molecule has 0 bridgehead atoms. The number of morpholine rings is 1. The van der Waals surface area contributed by atoms with Crippen molar-refractivity contribution in [1.29, 1.82) is 0 Å². The van der Waals surface area contributed by atoms with E-state index in [1.165, 1.54) is 6.20 Å². The lowest BCUT2D eigenvalue weighted by Gasteiger charge is -2.42. The van der Waals surface area contributed by atoms with Crippen LogP contribution >= 0.6 is 0 Å². The molecular formula is C14H21N3O3S. The number of ether oxygens (including phenoxy) is 1. The smallest absolute Gasteiger partial charge is 0.260 e. The number of aromatic nitrogens is 1.